The molecule has 0 aromatic heterocycles. The summed E-state index contributed by atoms with van der Waals surface area (Å²) in [5.74, 6) is 0.874. The third kappa shape index (κ3) is 7.97. The van der Waals surface area contributed by atoms with Gasteiger partial charge in [0.25, 0.3) is 0 Å². The molecule has 3 N–H and O–H groups in total. The molecule has 12 heteroatoms. The summed E-state index contributed by atoms with van der Waals surface area (Å²) in [6, 6.07) is 9.82. The Hall–Kier alpha value is -1.28. The monoisotopic (exact) mass is 577 g/mol. The molecule has 0 radical (unpaired) electrons. The van der Waals surface area contributed by atoms with Gasteiger partial charge in [-0.25, -0.2) is 8.42 Å². The second kappa shape index (κ2) is 12.1. The number of alkyl halides is 3. The average Bonchev–Trinajstić information content (AvgIpc) is 2.70. The van der Waals surface area contributed by atoms with Crippen LogP contribution in [0.5, 0.6) is 0 Å². The summed E-state index contributed by atoms with van der Waals surface area (Å²) in [4.78, 5) is 4.18. The molecule has 1 aromatic carbocycles. The smallest absolute Gasteiger partial charge is 0.380 e. The van der Waals surface area contributed by atoms with Crippen molar-refractivity contribution in [1.29, 1.82) is 0 Å². The van der Waals surface area contributed by atoms with E-state index in [1.807, 2.05) is 30.3 Å². The molecule has 7 nitrogen and oxygen atoms in total. The zero-order valence-corrected chi connectivity index (χ0v) is 21.0. The summed E-state index contributed by atoms with van der Waals surface area (Å²) in [6.45, 7) is 4.44. The van der Waals surface area contributed by atoms with Crippen molar-refractivity contribution in [2.24, 2.45) is 10.9 Å². The van der Waals surface area contributed by atoms with Gasteiger partial charge in [-0.15, -0.1) is 24.0 Å². The maximum Gasteiger partial charge on any atom is 0.511 e. The number of nitrogens with one attached hydrogen (secondary N) is 3. The molecule has 1 fully saturated rings. The van der Waals surface area contributed by atoms with Crippen LogP contribution in [0.15, 0.2) is 35.3 Å². The van der Waals surface area contributed by atoms with Crippen LogP contribution in [0, 0.1) is 5.92 Å². The number of benzene rings is 1. The van der Waals surface area contributed by atoms with Gasteiger partial charge in [-0.3, -0.25) is 4.99 Å². The van der Waals surface area contributed by atoms with Crippen LogP contribution in [-0.4, -0.2) is 63.0 Å². The zero-order chi connectivity index (χ0) is 22.4. The predicted molar refractivity (Wildman–Crippen MR) is 128 cm³/mol. The molecular formula is C19H31F3IN5O2S. The number of hydrogen-bond donors (Lipinski definition) is 3. The molecule has 31 heavy (non-hydrogen) atoms. The number of piperidine rings is 1. The Labute approximate surface area is 199 Å². The summed E-state index contributed by atoms with van der Waals surface area (Å²) < 4.78 is 61.6. The van der Waals surface area contributed by atoms with Crippen molar-refractivity contribution >= 4 is 45.6 Å². The van der Waals surface area contributed by atoms with Crippen molar-refractivity contribution in [2.45, 2.75) is 44.3 Å². The van der Waals surface area contributed by atoms with Crippen LogP contribution in [-0.2, 0) is 10.0 Å². The van der Waals surface area contributed by atoms with E-state index in [-0.39, 0.29) is 62.0 Å². The minimum atomic E-state index is -5.27. The van der Waals surface area contributed by atoms with Gasteiger partial charge in [0.2, 0.25) is 0 Å². The van der Waals surface area contributed by atoms with Gasteiger partial charge in [0, 0.05) is 44.5 Å². The van der Waals surface area contributed by atoms with Crippen molar-refractivity contribution in [3.63, 3.8) is 0 Å². The normalized spacial score (nSPS) is 17.7. The van der Waals surface area contributed by atoms with Gasteiger partial charge in [-0.1, -0.05) is 32.0 Å². The number of halogens is 4. The number of hydrogen-bond acceptors (Lipinski definition) is 4. The summed E-state index contributed by atoms with van der Waals surface area (Å²) in [7, 11) is -3.65. The molecule has 1 saturated heterocycles. The standard InChI is InChI=1S/C19H30F3N5O2S.HI/c1-14(2)17(25-15-7-5-4-6-8-15)13-24-18(23-3)26-16-9-11-27(12-10-16)30(28,29)19(20,21)22;/h4-8,14,16-17,25H,9-13H2,1-3H3,(H2,23,24,26);1H. The molecule has 0 spiro atoms. The second-order valence-corrected chi connectivity index (χ2v) is 9.51. The molecule has 1 aliphatic rings. The van der Waals surface area contributed by atoms with Crippen LogP contribution in [0.25, 0.3) is 0 Å². The molecule has 0 bridgehead atoms. The Morgan fingerprint density at radius 1 is 1.19 bits per heavy atom. The number of aliphatic imine (C=N–C) groups is 1. The highest BCUT2D eigenvalue weighted by molar-refractivity contribution is 14.0. The van der Waals surface area contributed by atoms with E-state index in [2.05, 4.69) is 34.8 Å². The number of rotatable bonds is 7. The van der Waals surface area contributed by atoms with Crippen molar-refractivity contribution in [3.8, 4) is 0 Å². The fourth-order valence-electron chi connectivity index (χ4n) is 3.18. The number of nitrogens with zero attached hydrogens (tertiary/aromatic N) is 2. The molecule has 1 aromatic rings. The Morgan fingerprint density at radius 2 is 1.77 bits per heavy atom. The Bertz CT molecular complexity index is 799. The molecule has 0 aliphatic carbocycles. The summed E-state index contributed by atoms with van der Waals surface area (Å²) in [5.41, 5.74) is -4.25. The first-order valence-electron chi connectivity index (χ1n) is 9.89. The van der Waals surface area contributed by atoms with Gasteiger partial charge in [0.1, 0.15) is 0 Å². The summed E-state index contributed by atoms with van der Waals surface area (Å²) >= 11 is 0. The van der Waals surface area contributed by atoms with Gasteiger partial charge in [-0.2, -0.15) is 17.5 Å². The lowest BCUT2D eigenvalue weighted by Crippen LogP contribution is -2.52. The first-order valence-corrected chi connectivity index (χ1v) is 11.3. The van der Waals surface area contributed by atoms with E-state index in [1.54, 1.807) is 7.05 Å². The van der Waals surface area contributed by atoms with E-state index in [4.69, 9.17) is 0 Å². The first-order chi connectivity index (χ1) is 14.0. The molecule has 2 rings (SSSR count). The lowest BCUT2D eigenvalue weighted by atomic mass is 10.0. The van der Waals surface area contributed by atoms with Gasteiger partial charge < -0.3 is 16.0 Å². The maximum absolute atomic E-state index is 12.7. The van der Waals surface area contributed by atoms with Crippen LogP contribution >= 0.6 is 24.0 Å². The third-order valence-electron chi connectivity index (χ3n) is 5.07. The Kier molecular flexibility index (Phi) is 10.8. The van der Waals surface area contributed by atoms with Gasteiger partial charge in [0.05, 0.1) is 0 Å². The molecule has 178 valence electrons. The molecule has 1 unspecified atom stereocenters. The van der Waals surface area contributed by atoms with E-state index >= 15 is 0 Å². The van der Waals surface area contributed by atoms with E-state index in [1.165, 1.54) is 0 Å². The quantitative estimate of drug-likeness (QED) is 0.264. The fraction of sp³-hybridized carbons (Fsp3) is 0.632. The molecule has 1 heterocycles. The lowest BCUT2D eigenvalue weighted by Gasteiger charge is -2.33. The topological polar surface area (TPSA) is 85.8 Å². The SMILES string of the molecule is CN=C(NCC(Nc1ccccc1)C(C)C)NC1CCN(S(=O)(=O)C(F)(F)F)CC1.I. The van der Waals surface area contributed by atoms with Gasteiger partial charge in [-0.05, 0) is 30.9 Å². The highest BCUT2D eigenvalue weighted by Gasteiger charge is 2.50. The fourth-order valence-corrected chi connectivity index (χ4v) is 4.17. The Morgan fingerprint density at radius 3 is 2.26 bits per heavy atom. The van der Waals surface area contributed by atoms with Gasteiger partial charge in [0.15, 0.2) is 5.96 Å². The van der Waals surface area contributed by atoms with Crippen molar-refractivity contribution < 1.29 is 21.6 Å². The number of sulfonamides is 1. The second-order valence-electron chi connectivity index (χ2n) is 7.58. The largest absolute Gasteiger partial charge is 0.511 e. The highest BCUT2D eigenvalue weighted by atomic mass is 127. The van der Waals surface area contributed by atoms with Crippen LogP contribution < -0.4 is 16.0 Å². The molecule has 0 amide bonds. The minimum Gasteiger partial charge on any atom is -0.380 e. The van der Waals surface area contributed by atoms with Crippen LogP contribution in [0.4, 0.5) is 18.9 Å². The van der Waals surface area contributed by atoms with Crippen LogP contribution in [0.2, 0.25) is 0 Å². The van der Waals surface area contributed by atoms with Crippen LogP contribution in [0.1, 0.15) is 26.7 Å². The summed E-state index contributed by atoms with van der Waals surface area (Å²) in [6.07, 6.45) is 0.539. The highest BCUT2D eigenvalue weighted by Crippen LogP contribution is 2.28. The van der Waals surface area contributed by atoms with E-state index in [0.29, 0.717) is 22.7 Å². The van der Waals surface area contributed by atoms with Crippen molar-refractivity contribution in [1.82, 2.24) is 14.9 Å². The number of anilines is 1. The third-order valence-corrected chi connectivity index (χ3v) is 6.70. The molecule has 1 aliphatic heterocycles. The van der Waals surface area contributed by atoms with Gasteiger partial charge >= 0.3 is 15.5 Å². The maximum atomic E-state index is 12.7. The number of para-hydroxylation sites is 1. The van der Waals surface area contributed by atoms with Crippen molar-refractivity contribution in [3.05, 3.63) is 30.3 Å². The minimum absolute atomic E-state index is 0. The summed E-state index contributed by atoms with van der Waals surface area (Å²) in [5, 5.41) is 9.90. The molecule has 1 atom stereocenters. The predicted octanol–water partition coefficient (Wildman–Crippen LogP) is 3.22. The number of guanidine groups is 1. The molecular weight excluding hydrogens is 546 g/mol. The zero-order valence-electron chi connectivity index (χ0n) is 17.8. The van der Waals surface area contributed by atoms with E-state index in [0.717, 1.165) is 5.69 Å². The lowest BCUT2D eigenvalue weighted by molar-refractivity contribution is -0.0494. The van der Waals surface area contributed by atoms with E-state index in [9.17, 15) is 21.6 Å². The molecule has 0 saturated carbocycles. The van der Waals surface area contributed by atoms with Crippen LogP contribution in [0.3, 0.4) is 0 Å². The van der Waals surface area contributed by atoms with Crippen molar-refractivity contribution in [2.75, 3.05) is 32.0 Å². The van der Waals surface area contributed by atoms with E-state index < -0.39 is 15.5 Å². The average molecular weight is 577 g/mol. The Balaban J connectivity index is 0.00000480. The first kappa shape index (κ1) is 27.8.